The fraction of sp³-hybridized carbons (Fsp3) is 0.263. The predicted octanol–water partition coefficient (Wildman–Crippen LogP) is 3.40. The molecule has 0 radical (unpaired) electrons. The van der Waals surface area contributed by atoms with Crippen LogP contribution in [0.25, 0.3) is 11.1 Å². The van der Waals surface area contributed by atoms with Gasteiger partial charge in [0.15, 0.2) is 5.16 Å². The minimum Gasteiger partial charge on any atom is -0.388 e. The molecule has 2 N–H and O–H groups in total. The van der Waals surface area contributed by atoms with Gasteiger partial charge in [-0.05, 0) is 29.5 Å². The summed E-state index contributed by atoms with van der Waals surface area (Å²) in [6.45, 7) is 0. The standard InChI is InChI=1S/C19H19N3O2S/c23-17(12-25-19-21-20-18(24)22(19)16-10-11-16)15-8-6-14(7-9-15)13-4-2-1-3-5-13/h1-9,16-17,23H,10-12H2,(H,20,24). The molecular weight excluding hydrogens is 334 g/mol. The summed E-state index contributed by atoms with van der Waals surface area (Å²) in [6, 6.07) is 18.4. The lowest BCUT2D eigenvalue weighted by Gasteiger charge is -2.11. The van der Waals surface area contributed by atoms with Crippen molar-refractivity contribution in [2.24, 2.45) is 0 Å². The number of H-pyrrole nitrogens is 1. The molecule has 1 heterocycles. The highest BCUT2D eigenvalue weighted by Crippen LogP contribution is 2.36. The zero-order valence-electron chi connectivity index (χ0n) is 13.6. The summed E-state index contributed by atoms with van der Waals surface area (Å²) in [4.78, 5) is 11.8. The number of hydrogen-bond donors (Lipinski definition) is 2. The predicted molar refractivity (Wildman–Crippen MR) is 98.7 cm³/mol. The van der Waals surface area contributed by atoms with E-state index in [1.54, 1.807) is 4.57 Å². The SMILES string of the molecule is O=c1[nH]nc(SCC(O)c2ccc(-c3ccccc3)cc2)n1C1CC1. The highest BCUT2D eigenvalue weighted by Gasteiger charge is 2.28. The Labute approximate surface area is 149 Å². The topological polar surface area (TPSA) is 70.9 Å². The zero-order chi connectivity index (χ0) is 17.2. The summed E-state index contributed by atoms with van der Waals surface area (Å²) in [7, 11) is 0. The van der Waals surface area contributed by atoms with Gasteiger partial charge in [-0.15, -0.1) is 5.10 Å². The van der Waals surface area contributed by atoms with Crippen LogP contribution in [-0.2, 0) is 0 Å². The van der Waals surface area contributed by atoms with Crippen LogP contribution in [-0.4, -0.2) is 25.6 Å². The highest BCUT2D eigenvalue weighted by atomic mass is 32.2. The Bertz CT molecular complexity index is 898. The van der Waals surface area contributed by atoms with Crippen LogP contribution in [0.1, 0.15) is 30.6 Å². The smallest absolute Gasteiger partial charge is 0.344 e. The molecule has 0 saturated heterocycles. The van der Waals surface area contributed by atoms with Gasteiger partial charge < -0.3 is 5.11 Å². The Morgan fingerprint density at radius 1 is 1.12 bits per heavy atom. The summed E-state index contributed by atoms with van der Waals surface area (Å²) in [5.74, 6) is 0.460. The van der Waals surface area contributed by atoms with Gasteiger partial charge in [-0.25, -0.2) is 9.89 Å². The van der Waals surface area contributed by atoms with Crippen LogP contribution in [0.3, 0.4) is 0 Å². The van der Waals surface area contributed by atoms with Crippen LogP contribution in [0.2, 0.25) is 0 Å². The van der Waals surface area contributed by atoms with Crippen LogP contribution in [0, 0.1) is 0 Å². The van der Waals surface area contributed by atoms with E-state index in [9.17, 15) is 9.90 Å². The number of aromatic nitrogens is 3. The van der Waals surface area contributed by atoms with Gasteiger partial charge in [0, 0.05) is 11.8 Å². The van der Waals surface area contributed by atoms with Crippen molar-refractivity contribution in [2.45, 2.75) is 30.1 Å². The van der Waals surface area contributed by atoms with E-state index in [2.05, 4.69) is 22.3 Å². The van der Waals surface area contributed by atoms with Gasteiger partial charge in [0.2, 0.25) is 0 Å². The molecule has 1 aliphatic carbocycles. The van der Waals surface area contributed by atoms with Gasteiger partial charge in [0.1, 0.15) is 0 Å². The molecule has 3 aromatic rings. The Morgan fingerprint density at radius 2 is 1.80 bits per heavy atom. The monoisotopic (exact) mass is 353 g/mol. The molecule has 0 aliphatic heterocycles. The number of aliphatic hydroxyl groups is 1. The van der Waals surface area contributed by atoms with Gasteiger partial charge in [0.05, 0.1) is 6.10 Å². The number of benzene rings is 2. The van der Waals surface area contributed by atoms with Crippen LogP contribution in [0.15, 0.2) is 64.5 Å². The van der Waals surface area contributed by atoms with E-state index in [1.165, 1.54) is 11.8 Å². The number of hydrogen-bond acceptors (Lipinski definition) is 4. The van der Waals surface area contributed by atoms with Gasteiger partial charge in [-0.2, -0.15) is 0 Å². The van der Waals surface area contributed by atoms with E-state index in [0.717, 1.165) is 29.5 Å². The maximum atomic E-state index is 11.8. The van der Waals surface area contributed by atoms with Gasteiger partial charge >= 0.3 is 5.69 Å². The zero-order valence-corrected chi connectivity index (χ0v) is 14.4. The Hall–Kier alpha value is -2.31. The van der Waals surface area contributed by atoms with Crippen LogP contribution in [0.5, 0.6) is 0 Å². The van der Waals surface area contributed by atoms with Crippen molar-refractivity contribution in [1.29, 1.82) is 0 Å². The second-order valence-corrected chi connectivity index (χ2v) is 7.21. The lowest BCUT2D eigenvalue weighted by molar-refractivity contribution is 0.204. The number of aromatic amines is 1. The maximum absolute atomic E-state index is 11.8. The van der Waals surface area contributed by atoms with E-state index >= 15 is 0 Å². The van der Waals surface area contributed by atoms with E-state index in [1.807, 2.05) is 42.5 Å². The van der Waals surface area contributed by atoms with Crippen molar-refractivity contribution < 1.29 is 5.11 Å². The molecule has 2 aromatic carbocycles. The first-order chi connectivity index (χ1) is 12.2. The molecule has 0 spiro atoms. The molecule has 1 atom stereocenters. The van der Waals surface area contributed by atoms with Crippen LogP contribution < -0.4 is 5.69 Å². The quantitative estimate of drug-likeness (QED) is 0.666. The minimum atomic E-state index is -0.603. The van der Waals surface area contributed by atoms with E-state index in [4.69, 9.17) is 0 Å². The van der Waals surface area contributed by atoms with Gasteiger partial charge in [-0.3, -0.25) is 4.57 Å². The third kappa shape index (κ3) is 3.55. The average Bonchev–Trinajstić information content (AvgIpc) is 3.43. The lowest BCUT2D eigenvalue weighted by Crippen LogP contribution is -2.16. The van der Waals surface area contributed by atoms with Crippen molar-refractivity contribution >= 4 is 11.8 Å². The van der Waals surface area contributed by atoms with Gasteiger partial charge in [0.25, 0.3) is 0 Å². The third-order valence-corrected chi connectivity index (χ3v) is 5.39. The van der Waals surface area contributed by atoms with E-state index < -0.39 is 6.10 Å². The number of rotatable bonds is 6. The molecule has 1 saturated carbocycles. The number of nitrogens with one attached hydrogen (secondary N) is 1. The summed E-state index contributed by atoms with van der Waals surface area (Å²) in [5.41, 5.74) is 2.98. The summed E-state index contributed by atoms with van der Waals surface area (Å²) < 4.78 is 1.70. The van der Waals surface area contributed by atoms with E-state index in [0.29, 0.717) is 10.9 Å². The Morgan fingerprint density at radius 3 is 2.48 bits per heavy atom. The molecular formula is C19H19N3O2S. The molecule has 0 amide bonds. The average molecular weight is 353 g/mol. The lowest BCUT2D eigenvalue weighted by atomic mass is 10.0. The Balaban J connectivity index is 1.43. The molecule has 4 rings (SSSR count). The Kier molecular flexibility index (Phi) is 4.46. The molecule has 0 bridgehead atoms. The third-order valence-electron chi connectivity index (χ3n) is 4.36. The fourth-order valence-electron chi connectivity index (χ4n) is 2.82. The molecule has 128 valence electrons. The van der Waals surface area contributed by atoms with Crippen LogP contribution in [0.4, 0.5) is 0 Å². The minimum absolute atomic E-state index is 0.160. The van der Waals surface area contributed by atoms with Gasteiger partial charge in [-0.1, -0.05) is 66.4 Å². The normalized spacial score (nSPS) is 15.2. The molecule has 1 aliphatic rings. The first-order valence-corrected chi connectivity index (χ1v) is 9.34. The maximum Gasteiger partial charge on any atom is 0.344 e. The summed E-state index contributed by atoms with van der Waals surface area (Å²) in [6.07, 6.45) is 1.45. The van der Waals surface area contributed by atoms with Crippen molar-refractivity contribution in [3.05, 3.63) is 70.6 Å². The van der Waals surface area contributed by atoms with Crippen LogP contribution >= 0.6 is 11.8 Å². The fourth-order valence-corrected chi connectivity index (χ4v) is 3.81. The number of nitrogens with zero attached hydrogens (tertiary/aromatic N) is 2. The highest BCUT2D eigenvalue weighted by molar-refractivity contribution is 7.99. The second kappa shape index (κ2) is 6.90. The van der Waals surface area contributed by atoms with Crippen molar-refractivity contribution in [1.82, 2.24) is 14.8 Å². The number of aliphatic hydroxyl groups excluding tert-OH is 1. The molecule has 1 aromatic heterocycles. The summed E-state index contributed by atoms with van der Waals surface area (Å²) >= 11 is 1.41. The second-order valence-electron chi connectivity index (χ2n) is 6.23. The first-order valence-electron chi connectivity index (χ1n) is 8.35. The van der Waals surface area contributed by atoms with Crippen molar-refractivity contribution in [3.63, 3.8) is 0 Å². The largest absolute Gasteiger partial charge is 0.388 e. The molecule has 6 heteroatoms. The van der Waals surface area contributed by atoms with E-state index in [-0.39, 0.29) is 11.7 Å². The summed E-state index contributed by atoms with van der Waals surface area (Å²) in [5, 5.41) is 17.7. The van der Waals surface area contributed by atoms with Crippen molar-refractivity contribution in [2.75, 3.05) is 5.75 Å². The molecule has 25 heavy (non-hydrogen) atoms. The number of thioether (sulfide) groups is 1. The van der Waals surface area contributed by atoms with Crippen molar-refractivity contribution in [3.8, 4) is 11.1 Å². The molecule has 1 unspecified atom stereocenters. The first kappa shape index (κ1) is 16.2. The molecule has 1 fully saturated rings. The molecule has 5 nitrogen and oxygen atoms in total.